The normalized spacial score (nSPS) is 11.2. The van der Waals surface area contributed by atoms with Gasteiger partial charge in [0.1, 0.15) is 5.82 Å². The first-order valence-corrected chi connectivity index (χ1v) is 7.17. The number of aryl methyl sites for hydroxylation is 1. The lowest BCUT2D eigenvalue weighted by Crippen LogP contribution is -2.05. The Balaban J connectivity index is 2.75. The van der Waals surface area contributed by atoms with Gasteiger partial charge in [-0.15, -0.1) is 0 Å². The fraction of sp³-hybridized carbons (Fsp3) is 0.400. The minimum absolute atomic E-state index is 0.461. The predicted molar refractivity (Wildman–Crippen MR) is 82.4 cm³/mol. The lowest BCUT2D eigenvalue weighted by atomic mass is 10.0. The van der Waals surface area contributed by atoms with Gasteiger partial charge in [0.2, 0.25) is 0 Å². The Labute approximate surface area is 117 Å². The van der Waals surface area contributed by atoms with Gasteiger partial charge in [-0.25, -0.2) is 4.98 Å². The van der Waals surface area contributed by atoms with Crippen molar-refractivity contribution in [1.82, 2.24) is 4.98 Å². The van der Waals surface area contributed by atoms with Crippen LogP contribution in [-0.2, 0) is 0 Å². The molecule has 18 heavy (non-hydrogen) atoms. The molecular formula is C15H19BrN2. The summed E-state index contributed by atoms with van der Waals surface area (Å²) in [5.41, 5.74) is 3.56. The molecule has 0 fully saturated rings. The van der Waals surface area contributed by atoms with Crippen molar-refractivity contribution in [3.05, 3.63) is 33.8 Å². The maximum atomic E-state index is 4.81. The summed E-state index contributed by atoms with van der Waals surface area (Å²) in [7, 11) is 0. The highest BCUT2D eigenvalue weighted by molar-refractivity contribution is 9.10. The molecule has 1 heterocycles. The summed E-state index contributed by atoms with van der Waals surface area (Å²) in [5.74, 6) is 1.48. The van der Waals surface area contributed by atoms with Crippen molar-refractivity contribution < 1.29 is 0 Å². The van der Waals surface area contributed by atoms with Gasteiger partial charge in [0.05, 0.1) is 5.52 Å². The largest absolute Gasteiger partial charge is 0.370 e. The number of nitrogens with zero attached hydrogens (tertiary/aromatic N) is 1. The molecule has 0 spiro atoms. The number of benzene rings is 1. The van der Waals surface area contributed by atoms with Gasteiger partial charge >= 0.3 is 0 Å². The maximum absolute atomic E-state index is 4.81. The Hall–Kier alpha value is -1.09. The second-order valence-corrected chi connectivity index (χ2v) is 5.73. The van der Waals surface area contributed by atoms with Gasteiger partial charge in [-0.05, 0) is 43.0 Å². The van der Waals surface area contributed by atoms with E-state index in [1.54, 1.807) is 0 Å². The summed E-state index contributed by atoms with van der Waals surface area (Å²) in [6.45, 7) is 9.50. The molecule has 0 aliphatic carbocycles. The van der Waals surface area contributed by atoms with E-state index < -0.39 is 0 Å². The van der Waals surface area contributed by atoms with E-state index in [0.717, 1.165) is 22.4 Å². The van der Waals surface area contributed by atoms with Crippen LogP contribution in [-0.4, -0.2) is 11.5 Å². The number of halogens is 1. The Bertz CT molecular complexity index is 576. The van der Waals surface area contributed by atoms with Gasteiger partial charge < -0.3 is 5.32 Å². The van der Waals surface area contributed by atoms with E-state index >= 15 is 0 Å². The molecule has 2 nitrogen and oxygen atoms in total. The minimum Gasteiger partial charge on any atom is -0.370 e. The molecule has 0 aliphatic rings. The highest BCUT2D eigenvalue weighted by Gasteiger charge is 2.12. The van der Waals surface area contributed by atoms with E-state index in [1.807, 2.05) is 0 Å². The fourth-order valence-electron chi connectivity index (χ4n) is 2.13. The van der Waals surface area contributed by atoms with Crippen LogP contribution in [0.2, 0.25) is 0 Å². The molecular weight excluding hydrogens is 288 g/mol. The van der Waals surface area contributed by atoms with Gasteiger partial charge in [-0.3, -0.25) is 0 Å². The Morgan fingerprint density at radius 3 is 2.67 bits per heavy atom. The second kappa shape index (κ2) is 5.27. The van der Waals surface area contributed by atoms with Crippen LogP contribution in [0.4, 0.5) is 5.82 Å². The van der Waals surface area contributed by atoms with Gasteiger partial charge in [-0.1, -0.05) is 35.8 Å². The standard InChI is InChI=1S/C15H19BrN2/c1-5-17-15-11(9(2)3)8-12-13(16)7-6-10(4)14(12)18-15/h6-9H,5H2,1-4H3,(H,17,18). The van der Waals surface area contributed by atoms with Crippen molar-refractivity contribution >= 4 is 32.7 Å². The van der Waals surface area contributed by atoms with Crippen LogP contribution in [0.15, 0.2) is 22.7 Å². The van der Waals surface area contributed by atoms with Crippen LogP contribution < -0.4 is 5.32 Å². The highest BCUT2D eigenvalue weighted by Crippen LogP contribution is 2.32. The maximum Gasteiger partial charge on any atom is 0.130 e. The van der Waals surface area contributed by atoms with Crippen molar-refractivity contribution in [2.24, 2.45) is 0 Å². The molecule has 0 saturated carbocycles. The third-order valence-corrected chi connectivity index (χ3v) is 3.82. The molecule has 0 aliphatic heterocycles. The first-order chi connectivity index (χ1) is 8.54. The number of fused-ring (bicyclic) bond motifs is 1. The zero-order valence-electron chi connectivity index (χ0n) is 11.3. The van der Waals surface area contributed by atoms with Crippen molar-refractivity contribution in [2.75, 3.05) is 11.9 Å². The molecule has 1 N–H and O–H groups in total. The van der Waals surface area contributed by atoms with E-state index in [-0.39, 0.29) is 0 Å². The number of nitrogens with one attached hydrogen (secondary N) is 1. The summed E-state index contributed by atoms with van der Waals surface area (Å²) < 4.78 is 1.11. The molecule has 0 bridgehead atoms. The zero-order valence-corrected chi connectivity index (χ0v) is 12.9. The van der Waals surface area contributed by atoms with Crippen LogP contribution >= 0.6 is 15.9 Å². The summed E-state index contributed by atoms with van der Waals surface area (Å²) >= 11 is 3.62. The van der Waals surface area contributed by atoms with E-state index in [2.05, 4.69) is 67.1 Å². The molecule has 2 aromatic rings. The average molecular weight is 307 g/mol. The average Bonchev–Trinajstić information content (AvgIpc) is 2.34. The van der Waals surface area contributed by atoms with Gasteiger partial charge in [-0.2, -0.15) is 0 Å². The molecule has 3 heteroatoms. The number of hydrogen-bond acceptors (Lipinski definition) is 2. The molecule has 0 amide bonds. The molecule has 0 unspecified atom stereocenters. The van der Waals surface area contributed by atoms with Gasteiger partial charge in [0.25, 0.3) is 0 Å². The minimum atomic E-state index is 0.461. The summed E-state index contributed by atoms with van der Waals surface area (Å²) in [4.78, 5) is 4.81. The molecule has 2 rings (SSSR count). The lowest BCUT2D eigenvalue weighted by molar-refractivity contribution is 0.861. The van der Waals surface area contributed by atoms with Gasteiger partial charge in [0, 0.05) is 16.4 Å². The quantitative estimate of drug-likeness (QED) is 0.876. The second-order valence-electron chi connectivity index (χ2n) is 4.87. The third kappa shape index (κ3) is 2.37. The number of rotatable bonds is 3. The van der Waals surface area contributed by atoms with Crippen LogP contribution in [0, 0.1) is 6.92 Å². The molecule has 0 radical (unpaired) electrons. The smallest absolute Gasteiger partial charge is 0.130 e. The SMILES string of the molecule is CCNc1nc2c(C)ccc(Br)c2cc1C(C)C. The van der Waals surface area contributed by atoms with Crippen LogP contribution in [0.5, 0.6) is 0 Å². The van der Waals surface area contributed by atoms with E-state index in [4.69, 9.17) is 4.98 Å². The first-order valence-electron chi connectivity index (χ1n) is 6.38. The summed E-state index contributed by atoms with van der Waals surface area (Å²) in [6.07, 6.45) is 0. The number of pyridine rings is 1. The predicted octanol–water partition coefficient (Wildman–Crippen LogP) is 4.86. The molecule has 0 atom stereocenters. The zero-order chi connectivity index (χ0) is 13.3. The van der Waals surface area contributed by atoms with Crippen LogP contribution in [0.3, 0.4) is 0 Å². The Morgan fingerprint density at radius 1 is 1.33 bits per heavy atom. The fourth-order valence-corrected chi connectivity index (χ4v) is 2.56. The molecule has 1 aromatic heterocycles. The summed E-state index contributed by atoms with van der Waals surface area (Å²) in [6, 6.07) is 6.45. The number of anilines is 1. The Kier molecular flexibility index (Phi) is 3.91. The van der Waals surface area contributed by atoms with Crippen molar-refractivity contribution in [1.29, 1.82) is 0 Å². The van der Waals surface area contributed by atoms with Crippen molar-refractivity contribution in [2.45, 2.75) is 33.6 Å². The third-order valence-electron chi connectivity index (χ3n) is 3.13. The van der Waals surface area contributed by atoms with Crippen molar-refractivity contribution in [3.8, 4) is 0 Å². The van der Waals surface area contributed by atoms with E-state index in [1.165, 1.54) is 16.5 Å². The Morgan fingerprint density at radius 2 is 2.06 bits per heavy atom. The molecule has 0 saturated heterocycles. The van der Waals surface area contributed by atoms with Crippen LogP contribution in [0.1, 0.15) is 37.8 Å². The van der Waals surface area contributed by atoms with E-state index in [0.29, 0.717) is 5.92 Å². The topological polar surface area (TPSA) is 24.9 Å². The van der Waals surface area contributed by atoms with Crippen molar-refractivity contribution in [3.63, 3.8) is 0 Å². The number of hydrogen-bond donors (Lipinski definition) is 1. The first kappa shape index (κ1) is 13.3. The highest BCUT2D eigenvalue weighted by atomic mass is 79.9. The molecule has 1 aromatic carbocycles. The van der Waals surface area contributed by atoms with Gasteiger partial charge in [0.15, 0.2) is 0 Å². The monoisotopic (exact) mass is 306 g/mol. The van der Waals surface area contributed by atoms with Crippen LogP contribution in [0.25, 0.3) is 10.9 Å². The lowest BCUT2D eigenvalue weighted by Gasteiger charge is -2.15. The summed E-state index contributed by atoms with van der Waals surface area (Å²) in [5, 5.41) is 4.56. The molecule has 96 valence electrons. The van der Waals surface area contributed by atoms with E-state index in [9.17, 15) is 0 Å². The number of aromatic nitrogens is 1.